The van der Waals surface area contributed by atoms with E-state index in [2.05, 4.69) is 5.32 Å². The number of alkyl halides is 3. The summed E-state index contributed by atoms with van der Waals surface area (Å²) in [7, 11) is 0. The molecule has 2 aromatic rings. The second-order valence-corrected chi connectivity index (χ2v) is 9.66. The zero-order chi connectivity index (χ0) is 24.2. The minimum absolute atomic E-state index is 0.386. The van der Waals surface area contributed by atoms with Crippen LogP contribution in [0.1, 0.15) is 35.1 Å². The monoisotopic (exact) mass is 469 g/mol. The number of carbonyl (C=O) groups is 3. The first kappa shape index (κ1) is 21.3. The van der Waals surface area contributed by atoms with Crippen molar-refractivity contribution < 1.29 is 27.6 Å². The summed E-state index contributed by atoms with van der Waals surface area (Å²) in [6, 6.07) is 8.02. The molecule has 0 radical (unpaired) electrons. The van der Waals surface area contributed by atoms with Crippen LogP contribution in [0.25, 0.3) is 0 Å². The van der Waals surface area contributed by atoms with E-state index in [0.717, 1.165) is 29.7 Å². The lowest BCUT2D eigenvalue weighted by Crippen LogP contribution is -2.54. The molecule has 3 saturated heterocycles. The van der Waals surface area contributed by atoms with Gasteiger partial charge in [-0.2, -0.15) is 13.2 Å². The first-order chi connectivity index (χ1) is 16.1. The van der Waals surface area contributed by atoms with Gasteiger partial charge in [0.1, 0.15) is 5.54 Å². The molecule has 4 heterocycles. The van der Waals surface area contributed by atoms with Gasteiger partial charge in [0.15, 0.2) is 0 Å². The number of fused-ring (bicyclic) bond motifs is 7. The van der Waals surface area contributed by atoms with E-state index in [1.165, 1.54) is 12.1 Å². The normalized spacial score (nSPS) is 30.2. The molecule has 6 rings (SSSR count). The highest BCUT2D eigenvalue weighted by Crippen LogP contribution is 2.61. The molecular weight excluding hydrogens is 447 g/mol. The van der Waals surface area contributed by atoms with Gasteiger partial charge in [-0.3, -0.25) is 19.3 Å². The van der Waals surface area contributed by atoms with Crippen LogP contribution in [0, 0.1) is 25.7 Å². The maximum absolute atomic E-state index is 13.9. The molecule has 0 bridgehead atoms. The summed E-state index contributed by atoms with van der Waals surface area (Å²) in [6.07, 6.45) is -3.40. The number of amides is 3. The highest BCUT2D eigenvalue weighted by atomic mass is 19.4. The van der Waals surface area contributed by atoms with Crippen molar-refractivity contribution >= 4 is 29.1 Å². The highest BCUT2D eigenvalue weighted by molar-refractivity contribution is 6.26. The van der Waals surface area contributed by atoms with E-state index in [9.17, 15) is 27.6 Å². The minimum Gasteiger partial charge on any atom is -0.324 e. The number of para-hydroxylation sites is 1. The number of anilines is 2. The van der Waals surface area contributed by atoms with Crippen LogP contribution in [0.15, 0.2) is 36.4 Å². The second kappa shape index (κ2) is 6.69. The van der Waals surface area contributed by atoms with E-state index in [-0.39, 0.29) is 11.9 Å². The van der Waals surface area contributed by atoms with E-state index >= 15 is 0 Å². The van der Waals surface area contributed by atoms with Gasteiger partial charge in [0.2, 0.25) is 17.7 Å². The fourth-order valence-electron chi connectivity index (χ4n) is 6.81. The molecule has 3 fully saturated rings. The van der Waals surface area contributed by atoms with Gasteiger partial charge in [0.25, 0.3) is 0 Å². The molecule has 6 nitrogen and oxygen atoms in total. The number of hydrogen-bond acceptors (Lipinski definition) is 4. The summed E-state index contributed by atoms with van der Waals surface area (Å²) in [4.78, 5) is 44.0. The topological polar surface area (TPSA) is 69.7 Å². The van der Waals surface area contributed by atoms with Crippen LogP contribution in [-0.4, -0.2) is 35.2 Å². The summed E-state index contributed by atoms with van der Waals surface area (Å²) in [5.41, 5.74) is 0.0813. The number of aryl methyl sites for hydroxylation is 2. The maximum atomic E-state index is 13.9. The molecule has 4 aliphatic rings. The van der Waals surface area contributed by atoms with Crippen molar-refractivity contribution in [3.63, 3.8) is 0 Å². The zero-order valence-electron chi connectivity index (χ0n) is 18.6. The first-order valence-electron chi connectivity index (χ1n) is 11.3. The third-order valence-electron chi connectivity index (χ3n) is 7.89. The Morgan fingerprint density at radius 2 is 1.79 bits per heavy atom. The highest BCUT2D eigenvalue weighted by Gasteiger charge is 2.75. The van der Waals surface area contributed by atoms with Crippen LogP contribution in [-0.2, 0) is 26.1 Å². The van der Waals surface area contributed by atoms with Crippen LogP contribution < -0.4 is 10.2 Å². The van der Waals surface area contributed by atoms with Crippen molar-refractivity contribution in [1.29, 1.82) is 0 Å². The minimum atomic E-state index is -4.74. The third kappa shape index (κ3) is 2.43. The lowest BCUT2D eigenvalue weighted by molar-refractivity contribution is -0.138. The van der Waals surface area contributed by atoms with Crippen LogP contribution >= 0.6 is 0 Å². The van der Waals surface area contributed by atoms with Gasteiger partial charge in [-0.05, 0) is 50.9 Å². The number of benzene rings is 2. The Labute approximate surface area is 193 Å². The van der Waals surface area contributed by atoms with Crippen LogP contribution in [0.5, 0.6) is 0 Å². The zero-order valence-corrected chi connectivity index (χ0v) is 18.6. The van der Waals surface area contributed by atoms with Crippen molar-refractivity contribution in [2.45, 2.75) is 44.4 Å². The Morgan fingerprint density at radius 3 is 2.53 bits per heavy atom. The lowest BCUT2D eigenvalue weighted by atomic mass is 9.75. The molecule has 1 N–H and O–H groups in total. The SMILES string of the molecule is Cc1cc(C)c2c(c1)[C@]1(C(=O)N2)[C@@H]2C(=O)N(c3ccccc3C(F)(F)F)C(=O)[C@@H]2[C@@H]2CCCN21. The van der Waals surface area contributed by atoms with Crippen molar-refractivity contribution in [1.82, 2.24) is 4.90 Å². The number of carbonyl (C=O) groups excluding carboxylic acids is 3. The van der Waals surface area contributed by atoms with Crippen molar-refractivity contribution in [2.75, 3.05) is 16.8 Å². The standard InChI is InChI=1S/C25H22F3N3O3/c1-12-10-13(2)20-15(11-12)24(23(34)29-20)19-18(17-8-5-9-30(17)24)21(32)31(22(19)33)16-7-4-3-6-14(16)25(26,27)28/h3-4,6-7,10-11,17-19H,5,8-9H2,1-2H3,(H,29,34)/t17-,18+,19-,24+/m0/s1. The molecule has 9 heteroatoms. The van der Waals surface area contributed by atoms with Crippen molar-refractivity contribution in [3.8, 4) is 0 Å². The van der Waals surface area contributed by atoms with Crippen molar-refractivity contribution in [3.05, 3.63) is 58.7 Å². The van der Waals surface area contributed by atoms with E-state index in [0.29, 0.717) is 29.1 Å². The molecule has 3 amide bonds. The summed E-state index contributed by atoms with van der Waals surface area (Å²) < 4.78 is 41.3. The average molecular weight is 469 g/mol. The maximum Gasteiger partial charge on any atom is 0.418 e. The van der Waals surface area contributed by atoms with Gasteiger partial charge in [-0.1, -0.05) is 29.8 Å². The average Bonchev–Trinajstić information content (AvgIpc) is 3.46. The third-order valence-corrected chi connectivity index (χ3v) is 7.89. The Hall–Kier alpha value is -3.20. The number of hydrogen-bond donors (Lipinski definition) is 1. The lowest BCUT2D eigenvalue weighted by Gasteiger charge is -2.37. The van der Waals surface area contributed by atoms with Crippen LogP contribution in [0.3, 0.4) is 0 Å². The molecule has 34 heavy (non-hydrogen) atoms. The fourth-order valence-corrected chi connectivity index (χ4v) is 6.81. The van der Waals surface area contributed by atoms with E-state index in [1.54, 1.807) is 0 Å². The molecular formula is C25H22F3N3O3. The summed E-state index contributed by atoms with van der Waals surface area (Å²) in [5.74, 6) is -3.76. The molecule has 2 aromatic carbocycles. The Bertz CT molecular complexity index is 1290. The van der Waals surface area contributed by atoms with Crippen molar-refractivity contribution in [2.24, 2.45) is 11.8 Å². The first-order valence-corrected chi connectivity index (χ1v) is 11.3. The Balaban J connectivity index is 1.58. The van der Waals surface area contributed by atoms with Gasteiger partial charge in [0, 0.05) is 17.3 Å². The molecule has 176 valence electrons. The smallest absolute Gasteiger partial charge is 0.324 e. The van der Waals surface area contributed by atoms with Gasteiger partial charge in [-0.15, -0.1) is 0 Å². The molecule has 1 spiro atoms. The van der Waals surface area contributed by atoms with E-state index < -0.39 is 46.6 Å². The summed E-state index contributed by atoms with van der Waals surface area (Å²) in [5, 5.41) is 2.93. The number of nitrogens with one attached hydrogen (secondary N) is 1. The predicted molar refractivity (Wildman–Crippen MR) is 117 cm³/mol. The fraction of sp³-hybridized carbons (Fsp3) is 0.400. The summed E-state index contributed by atoms with van der Waals surface area (Å²) in [6.45, 7) is 4.30. The van der Waals surface area contributed by atoms with Crippen LogP contribution in [0.4, 0.5) is 24.5 Å². The number of rotatable bonds is 1. The molecule has 4 aliphatic heterocycles. The van der Waals surface area contributed by atoms with E-state index in [1.807, 2.05) is 30.9 Å². The largest absolute Gasteiger partial charge is 0.418 e. The molecule has 0 saturated carbocycles. The van der Waals surface area contributed by atoms with Gasteiger partial charge < -0.3 is 5.32 Å². The quantitative estimate of drug-likeness (QED) is 0.646. The molecule has 0 unspecified atom stereocenters. The van der Waals surface area contributed by atoms with Crippen LogP contribution in [0.2, 0.25) is 0 Å². The molecule has 0 aliphatic carbocycles. The van der Waals surface area contributed by atoms with Gasteiger partial charge in [-0.25, -0.2) is 4.90 Å². The molecule has 0 aromatic heterocycles. The van der Waals surface area contributed by atoms with Gasteiger partial charge in [0.05, 0.1) is 23.1 Å². The summed E-state index contributed by atoms with van der Waals surface area (Å²) >= 11 is 0. The molecule has 4 atom stereocenters. The van der Waals surface area contributed by atoms with Gasteiger partial charge >= 0.3 is 6.18 Å². The number of nitrogens with zero attached hydrogens (tertiary/aromatic N) is 2. The van der Waals surface area contributed by atoms with E-state index in [4.69, 9.17) is 0 Å². The predicted octanol–water partition coefficient (Wildman–Crippen LogP) is 3.75. The second-order valence-electron chi connectivity index (χ2n) is 9.66. The number of halogens is 3. The Morgan fingerprint density at radius 1 is 1.06 bits per heavy atom. The number of imide groups is 1. The Kier molecular flexibility index (Phi) is 4.20.